The summed E-state index contributed by atoms with van der Waals surface area (Å²) in [6.45, 7) is 2.23. The molecule has 3 aromatic rings. The number of carbonyl (C=O) groups excluding carboxylic acids is 1. The molecule has 6 heteroatoms. The molecule has 0 saturated heterocycles. The molecule has 0 fully saturated rings. The van der Waals surface area contributed by atoms with Crippen molar-refractivity contribution in [1.82, 2.24) is 14.9 Å². The van der Waals surface area contributed by atoms with Crippen LogP contribution in [0.25, 0.3) is 10.9 Å². The second-order valence-electron chi connectivity index (χ2n) is 5.85. The number of hydrogen-bond donors (Lipinski definition) is 1. The maximum absolute atomic E-state index is 12.5. The lowest BCUT2D eigenvalue weighted by Gasteiger charge is -2.14. The molecule has 0 bridgehead atoms. The molecule has 1 heterocycles. The number of aryl methyl sites for hydroxylation is 1. The van der Waals surface area contributed by atoms with Crippen molar-refractivity contribution in [2.75, 3.05) is 0 Å². The van der Waals surface area contributed by atoms with Crippen LogP contribution in [-0.4, -0.2) is 15.5 Å². The normalized spacial score (nSPS) is 12.1. The van der Waals surface area contributed by atoms with Gasteiger partial charge in [-0.2, -0.15) is 0 Å². The standard InChI is InChI=1S/C19H18BrN3O2/c1-13(14-5-3-2-4-6-14)22-18(24)9-10-23-12-21-17-8-7-15(20)11-16(17)19(23)25/h2-8,11-13H,9-10H2,1H3,(H,22,24). The van der Waals surface area contributed by atoms with E-state index in [0.29, 0.717) is 17.4 Å². The Morgan fingerprint density at radius 1 is 1.24 bits per heavy atom. The van der Waals surface area contributed by atoms with Crippen molar-refractivity contribution in [2.45, 2.75) is 25.9 Å². The SMILES string of the molecule is CC(NC(=O)CCn1cnc2ccc(Br)cc2c1=O)c1ccccc1. The zero-order valence-corrected chi connectivity index (χ0v) is 15.4. The quantitative estimate of drug-likeness (QED) is 0.714. The van der Waals surface area contributed by atoms with Gasteiger partial charge in [0.05, 0.1) is 23.3 Å². The van der Waals surface area contributed by atoms with E-state index in [1.54, 1.807) is 12.1 Å². The largest absolute Gasteiger partial charge is 0.350 e. The number of fused-ring (bicyclic) bond motifs is 1. The lowest BCUT2D eigenvalue weighted by Crippen LogP contribution is -2.29. The molecule has 1 amide bonds. The van der Waals surface area contributed by atoms with Gasteiger partial charge in [-0.1, -0.05) is 46.3 Å². The monoisotopic (exact) mass is 399 g/mol. The zero-order chi connectivity index (χ0) is 17.8. The summed E-state index contributed by atoms with van der Waals surface area (Å²) in [4.78, 5) is 29.0. The van der Waals surface area contributed by atoms with E-state index in [9.17, 15) is 9.59 Å². The number of nitrogens with zero attached hydrogens (tertiary/aromatic N) is 2. The first-order chi connectivity index (χ1) is 12.0. The number of rotatable bonds is 5. The fourth-order valence-corrected chi connectivity index (χ4v) is 3.01. The summed E-state index contributed by atoms with van der Waals surface area (Å²) >= 11 is 3.36. The molecule has 128 valence electrons. The molecule has 0 aliphatic heterocycles. The topological polar surface area (TPSA) is 64.0 Å². The highest BCUT2D eigenvalue weighted by Crippen LogP contribution is 2.15. The van der Waals surface area contributed by atoms with Gasteiger partial charge < -0.3 is 5.32 Å². The maximum atomic E-state index is 12.5. The summed E-state index contributed by atoms with van der Waals surface area (Å²) in [7, 11) is 0. The van der Waals surface area contributed by atoms with Gasteiger partial charge in [0.2, 0.25) is 5.91 Å². The predicted octanol–water partition coefficient (Wildman–Crippen LogP) is 3.43. The minimum Gasteiger partial charge on any atom is -0.350 e. The van der Waals surface area contributed by atoms with Crippen molar-refractivity contribution in [3.05, 3.63) is 75.2 Å². The Morgan fingerprint density at radius 3 is 2.76 bits per heavy atom. The van der Waals surface area contributed by atoms with Gasteiger partial charge in [-0.3, -0.25) is 14.2 Å². The van der Waals surface area contributed by atoms with E-state index < -0.39 is 0 Å². The predicted molar refractivity (Wildman–Crippen MR) is 101 cm³/mol. The van der Waals surface area contributed by atoms with Crippen molar-refractivity contribution in [3.8, 4) is 0 Å². The Bertz CT molecular complexity index is 954. The molecule has 1 aromatic heterocycles. The van der Waals surface area contributed by atoms with Crippen LogP contribution in [0.1, 0.15) is 24.9 Å². The third-order valence-corrected chi connectivity index (χ3v) is 4.54. The summed E-state index contributed by atoms with van der Waals surface area (Å²) < 4.78 is 2.30. The average molecular weight is 400 g/mol. The molecule has 1 unspecified atom stereocenters. The summed E-state index contributed by atoms with van der Waals surface area (Å²) in [6, 6.07) is 15.1. The van der Waals surface area contributed by atoms with Crippen LogP contribution in [0.3, 0.4) is 0 Å². The lowest BCUT2D eigenvalue weighted by molar-refractivity contribution is -0.121. The van der Waals surface area contributed by atoms with Crippen LogP contribution < -0.4 is 10.9 Å². The Hall–Kier alpha value is -2.47. The number of halogens is 1. The number of hydrogen-bond acceptors (Lipinski definition) is 3. The van der Waals surface area contributed by atoms with Gasteiger partial charge in [0.1, 0.15) is 0 Å². The van der Waals surface area contributed by atoms with Gasteiger partial charge in [0.25, 0.3) is 5.56 Å². The molecule has 3 rings (SSSR count). The second kappa shape index (κ2) is 7.61. The van der Waals surface area contributed by atoms with Crippen molar-refractivity contribution in [2.24, 2.45) is 0 Å². The average Bonchev–Trinajstić information content (AvgIpc) is 2.62. The third-order valence-electron chi connectivity index (χ3n) is 4.04. The molecule has 0 radical (unpaired) electrons. The van der Waals surface area contributed by atoms with E-state index in [2.05, 4.69) is 26.2 Å². The number of amides is 1. The number of nitrogens with one attached hydrogen (secondary N) is 1. The fraction of sp³-hybridized carbons (Fsp3) is 0.211. The Balaban J connectivity index is 1.67. The Morgan fingerprint density at radius 2 is 2.00 bits per heavy atom. The van der Waals surface area contributed by atoms with Crippen molar-refractivity contribution >= 4 is 32.7 Å². The van der Waals surface area contributed by atoms with E-state index in [1.807, 2.05) is 43.3 Å². The lowest BCUT2D eigenvalue weighted by atomic mass is 10.1. The Labute approximate surface area is 153 Å². The molecule has 5 nitrogen and oxygen atoms in total. The van der Waals surface area contributed by atoms with Crippen LogP contribution in [0.5, 0.6) is 0 Å². The molecular formula is C19H18BrN3O2. The summed E-state index contributed by atoms with van der Waals surface area (Å²) in [5.74, 6) is -0.0995. The second-order valence-corrected chi connectivity index (χ2v) is 6.77. The minimum atomic E-state index is -0.143. The highest BCUT2D eigenvalue weighted by molar-refractivity contribution is 9.10. The van der Waals surface area contributed by atoms with Gasteiger partial charge in [-0.05, 0) is 30.7 Å². The third kappa shape index (κ3) is 4.14. The first-order valence-electron chi connectivity index (χ1n) is 8.03. The molecule has 2 aromatic carbocycles. The van der Waals surface area contributed by atoms with Gasteiger partial charge in [0.15, 0.2) is 0 Å². The molecule has 0 spiro atoms. The van der Waals surface area contributed by atoms with Crippen LogP contribution in [0, 0.1) is 0 Å². The Kier molecular flexibility index (Phi) is 5.28. The number of aromatic nitrogens is 2. The minimum absolute atomic E-state index is 0.0731. The maximum Gasteiger partial charge on any atom is 0.261 e. The van der Waals surface area contributed by atoms with Crippen molar-refractivity contribution in [1.29, 1.82) is 0 Å². The summed E-state index contributed by atoms with van der Waals surface area (Å²) in [6.07, 6.45) is 1.71. The smallest absolute Gasteiger partial charge is 0.261 e. The molecule has 1 atom stereocenters. The van der Waals surface area contributed by atoms with E-state index in [1.165, 1.54) is 10.9 Å². The highest BCUT2D eigenvalue weighted by atomic mass is 79.9. The van der Waals surface area contributed by atoms with E-state index in [4.69, 9.17) is 0 Å². The molecular weight excluding hydrogens is 382 g/mol. The van der Waals surface area contributed by atoms with Crippen LogP contribution in [0.2, 0.25) is 0 Å². The highest BCUT2D eigenvalue weighted by Gasteiger charge is 2.10. The van der Waals surface area contributed by atoms with E-state index in [-0.39, 0.29) is 23.9 Å². The van der Waals surface area contributed by atoms with Gasteiger partial charge in [-0.15, -0.1) is 0 Å². The molecule has 0 saturated carbocycles. The van der Waals surface area contributed by atoms with Crippen molar-refractivity contribution < 1.29 is 4.79 Å². The fourth-order valence-electron chi connectivity index (χ4n) is 2.65. The van der Waals surface area contributed by atoms with Crippen LogP contribution in [0.15, 0.2) is 64.1 Å². The van der Waals surface area contributed by atoms with Gasteiger partial charge in [-0.25, -0.2) is 4.98 Å². The van der Waals surface area contributed by atoms with E-state index >= 15 is 0 Å². The first kappa shape index (κ1) is 17.4. The van der Waals surface area contributed by atoms with Crippen LogP contribution >= 0.6 is 15.9 Å². The van der Waals surface area contributed by atoms with Gasteiger partial charge >= 0.3 is 0 Å². The van der Waals surface area contributed by atoms with E-state index in [0.717, 1.165) is 10.0 Å². The first-order valence-corrected chi connectivity index (χ1v) is 8.83. The zero-order valence-electron chi connectivity index (χ0n) is 13.8. The molecule has 1 N–H and O–H groups in total. The molecule has 25 heavy (non-hydrogen) atoms. The number of carbonyl (C=O) groups is 1. The summed E-state index contributed by atoms with van der Waals surface area (Å²) in [5, 5.41) is 3.49. The molecule has 0 aliphatic rings. The molecule has 0 aliphatic carbocycles. The van der Waals surface area contributed by atoms with Crippen molar-refractivity contribution in [3.63, 3.8) is 0 Å². The summed E-state index contributed by atoms with van der Waals surface area (Å²) in [5.41, 5.74) is 1.55. The van der Waals surface area contributed by atoms with Crippen LogP contribution in [0.4, 0.5) is 0 Å². The number of benzene rings is 2. The van der Waals surface area contributed by atoms with Gasteiger partial charge in [0, 0.05) is 17.4 Å². The van der Waals surface area contributed by atoms with Crippen LogP contribution in [-0.2, 0) is 11.3 Å².